The molecule has 1 aromatic carbocycles. The third kappa shape index (κ3) is 2.44. The molecule has 0 aliphatic heterocycles. The van der Waals surface area contributed by atoms with Crippen molar-refractivity contribution in [3.05, 3.63) is 58.4 Å². The van der Waals surface area contributed by atoms with E-state index in [1.807, 2.05) is 24.3 Å². The first-order valence-electron chi connectivity index (χ1n) is 4.80. The van der Waals surface area contributed by atoms with Gasteiger partial charge in [-0.25, -0.2) is 4.79 Å². The molecule has 0 spiro atoms. The second-order valence-corrected chi connectivity index (χ2v) is 3.97. The van der Waals surface area contributed by atoms with Gasteiger partial charge in [-0.3, -0.25) is 0 Å². The summed E-state index contributed by atoms with van der Waals surface area (Å²) in [7, 11) is 0. The Morgan fingerprint density at radius 1 is 1.25 bits per heavy atom. The molecule has 3 nitrogen and oxygen atoms in total. The Kier molecular flexibility index (Phi) is 2.97. The van der Waals surface area contributed by atoms with Crippen molar-refractivity contribution in [2.75, 3.05) is 0 Å². The molecule has 1 aromatic heterocycles. The first-order chi connectivity index (χ1) is 7.65. The van der Waals surface area contributed by atoms with Crippen LogP contribution in [0.1, 0.15) is 21.6 Å². The van der Waals surface area contributed by atoms with Crippen LogP contribution in [0.2, 0.25) is 5.02 Å². The maximum absolute atomic E-state index is 10.7. The van der Waals surface area contributed by atoms with Crippen molar-refractivity contribution in [1.82, 2.24) is 4.98 Å². The monoisotopic (exact) mass is 235 g/mol. The Balaban J connectivity index is 2.14. The van der Waals surface area contributed by atoms with E-state index >= 15 is 0 Å². The largest absolute Gasteiger partial charge is 0.477 e. The molecule has 82 valence electrons. The molecule has 2 aromatic rings. The van der Waals surface area contributed by atoms with E-state index in [0.717, 1.165) is 11.1 Å². The first-order valence-corrected chi connectivity index (χ1v) is 5.18. The Morgan fingerprint density at radius 3 is 2.50 bits per heavy atom. The second kappa shape index (κ2) is 4.41. The number of aromatic nitrogens is 1. The van der Waals surface area contributed by atoms with E-state index < -0.39 is 5.97 Å². The third-order valence-corrected chi connectivity index (χ3v) is 2.55. The van der Waals surface area contributed by atoms with Crippen molar-refractivity contribution in [3.63, 3.8) is 0 Å². The summed E-state index contributed by atoms with van der Waals surface area (Å²) in [6.07, 6.45) is 2.40. The number of aromatic amines is 1. The van der Waals surface area contributed by atoms with Crippen molar-refractivity contribution in [2.24, 2.45) is 0 Å². The van der Waals surface area contributed by atoms with E-state index in [9.17, 15) is 4.79 Å². The number of aromatic carboxylic acids is 1. The van der Waals surface area contributed by atoms with Gasteiger partial charge in [-0.1, -0.05) is 23.7 Å². The first kappa shape index (κ1) is 10.8. The highest BCUT2D eigenvalue weighted by Crippen LogP contribution is 2.14. The van der Waals surface area contributed by atoms with E-state index in [2.05, 4.69) is 4.98 Å². The van der Waals surface area contributed by atoms with E-state index in [4.69, 9.17) is 16.7 Å². The fourth-order valence-electron chi connectivity index (χ4n) is 1.50. The molecule has 0 amide bonds. The lowest BCUT2D eigenvalue weighted by Gasteiger charge is -1.98. The Labute approximate surface area is 97.7 Å². The van der Waals surface area contributed by atoms with Gasteiger partial charge in [0.05, 0.1) is 0 Å². The number of nitrogens with one attached hydrogen (secondary N) is 1. The molecule has 4 heteroatoms. The summed E-state index contributed by atoms with van der Waals surface area (Å²) in [5.74, 6) is -0.942. The van der Waals surface area contributed by atoms with E-state index in [1.165, 1.54) is 0 Å². The van der Waals surface area contributed by atoms with E-state index in [1.54, 1.807) is 12.3 Å². The van der Waals surface area contributed by atoms with Gasteiger partial charge in [0, 0.05) is 11.2 Å². The van der Waals surface area contributed by atoms with Gasteiger partial charge in [0.15, 0.2) is 0 Å². The smallest absolute Gasteiger partial charge is 0.352 e. The third-order valence-electron chi connectivity index (χ3n) is 2.29. The van der Waals surface area contributed by atoms with Crippen LogP contribution in [-0.2, 0) is 6.42 Å². The minimum Gasteiger partial charge on any atom is -0.477 e. The second-order valence-electron chi connectivity index (χ2n) is 3.53. The zero-order valence-electron chi connectivity index (χ0n) is 8.40. The zero-order chi connectivity index (χ0) is 11.5. The van der Waals surface area contributed by atoms with Gasteiger partial charge >= 0.3 is 5.97 Å². The average molecular weight is 236 g/mol. The van der Waals surface area contributed by atoms with Crippen LogP contribution in [0.3, 0.4) is 0 Å². The molecule has 0 atom stereocenters. The van der Waals surface area contributed by atoms with Crippen LogP contribution in [0.5, 0.6) is 0 Å². The number of carbonyl (C=O) groups is 1. The molecular formula is C12H10ClNO2. The maximum atomic E-state index is 10.7. The fraction of sp³-hybridized carbons (Fsp3) is 0.0833. The molecular weight excluding hydrogens is 226 g/mol. The molecule has 2 rings (SSSR count). The number of rotatable bonds is 3. The van der Waals surface area contributed by atoms with Crippen molar-refractivity contribution < 1.29 is 9.90 Å². The summed E-state index contributed by atoms with van der Waals surface area (Å²) >= 11 is 5.78. The number of hydrogen-bond acceptors (Lipinski definition) is 1. The average Bonchev–Trinajstić information content (AvgIpc) is 2.70. The molecule has 16 heavy (non-hydrogen) atoms. The summed E-state index contributed by atoms with van der Waals surface area (Å²) < 4.78 is 0. The van der Waals surface area contributed by atoms with Gasteiger partial charge in [-0.2, -0.15) is 0 Å². The lowest BCUT2D eigenvalue weighted by atomic mass is 10.1. The normalized spacial score (nSPS) is 10.3. The van der Waals surface area contributed by atoms with Gasteiger partial charge < -0.3 is 10.1 Å². The van der Waals surface area contributed by atoms with Gasteiger partial charge in [-0.05, 0) is 35.7 Å². The standard InChI is InChI=1S/C12H10ClNO2/c13-10-3-1-8(2-4-10)5-9-6-11(12(15)16)14-7-9/h1-4,6-7,14H,5H2,(H,15,16). The van der Waals surface area contributed by atoms with Crippen LogP contribution in [0.25, 0.3) is 0 Å². The predicted molar refractivity (Wildman–Crippen MR) is 62.0 cm³/mol. The fourth-order valence-corrected chi connectivity index (χ4v) is 1.63. The van der Waals surface area contributed by atoms with Crippen LogP contribution in [0.15, 0.2) is 36.5 Å². The van der Waals surface area contributed by atoms with Gasteiger partial charge in [0.2, 0.25) is 0 Å². The zero-order valence-corrected chi connectivity index (χ0v) is 9.16. The van der Waals surface area contributed by atoms with Gasteiger partial charge in [0.25, 0.3) is 0 Å². The van der Waals surface area contributed by atoms with Crippen LogP contribution in [-0.4, -0.2) is 16.1 Å². The number of H-pyrrole nitrogens is 1. The Bertz CT molecular complexity index is 502. The molecule has 0 saturated carbocycles. The highest BCUT2D eigenvalue weighted by Gasteiger charge is 2.06. The minimum atomic E-state index is -0.942. The van der Waals surface area contributed by atoms with Gasteiger partial charge in [-0.15, -0.1) is 0 Å². The van der Waals surface area contributed by atoms with Crippen LogP contribution >= 0.6 is 11.6 Å². The molecule has 0 aliphatic rings. The highest BCUT2D eigenvalue weighted by molar-refractivity contribution is 6.30. The van der Waals surface area contributed by atoms with Crippen LogP contribution in [0, 0.1) is 0 Å². The minimum absolute atomic E-state index is 0.212. The lowest BCUT2D eigenvalue weighted by Crippen LogP contribution is -1.94. The summed E-state index contributed by atoms with van der Waals surface area (Å²) in [5, 5.41) is 9.45. The van der Waals surface area contributed by atoms with Crippen molar-refractivity contribution in [2.45, 2.75) is 6.42 Å². The molecule has 0 aliphatic carbocycles. The van der Waals surface area contributed by atoms with E-state index in [0.29, 0.717) is 11.4 Å². The summed E-state index contributed by atoms with van der Waals surface area (Å²) in [5.41, 5.74) is 2.25. The molecule has 0 bridgehead atoms. The predicted octanol–water partition coefficient (Wildman–Crippen LogP) is 2.96. The molecule has 0 saturated heterocycles. The molecule has 1 heterocycles. The van der Waals surface area contributed by atoms with Crippen LogP contribution < -0.4 is 0 Å². The molecule has 2 N–H and O–H groups in total. The SMILES string of the molecule is O=C(O)c1cc(Cc2ccc(Cl)cc2)c[nH]1. The quantitative estimate of drug-likeness (QED) is 0.859. The van der Waals surface area contributed by atoms with Crippen molar-refractivity contribution in [1.29, 1.82) is 0 Å². The van der Waals surface area contributed by atoms with Crippen molar-refractivity contribution >= 4 is 17.6 Å². The summed E-state index contributed by atoms with van der Waals surface area (Å²) in [6, 6.07) is 9.13. The number of benzene rings is 1. The molecule has 0 radical (unpaired) electrons. The molecule has 0 unspecified atom stereocenters. The maximum Gasteiger partial charge on any atom is 0.352 e. The summed E-state index contributed by atoms with van der Waals surface area (Å²) in [6.45, 7) is 0. The summed E-state index contributed by atoms with van der Waals surface area (Å²) in [4.78, 5) is 13.4. The van der Waals surface area contributed by atoms with Gasteiger partial charge in [0.1, 0.15) is 5.69 Å². The Hall–Kier alpha value is -1.74. The topological polar surface area (TPSA) is 53.1 Å². The number of halogens is 1. The number of hydrogen-bond donors (Lipinski definition) is 2. The van der Waals surface area contributed by atoms with E-state index in [-0.39, 0.29) is 5.69 Å². The number of carboxylic acids is 1. The number of carboxylic acid groups (broad SMARTS) is 1. The molecule has 0 fully saturated rings. The Morgan fingerprint density at radius 2 is 1.94 bits per heavy atom. The van der Waals surface area contributed by atoms with Crippen LogP contribution in [0.4, 0.5) is 0 Å². The highest BCUT2D eigenvalue weighted by atomic mass is 35.5. The van der Waals surface area contributed by atoms with Crippen molar-refractivity contribution in [3.8, 4) is 0 Å². The lowest BCUT2D eigenvalue weighted by molar-refractivity contribution is 0.0691.